The molecule has 18 heavy (non-hydrogen) atoms. The molecule has 0 aliphatic heterocycles. The molecule has 0 spiro atoms. The van der Waals surface area contributed by atoms with Gasteiger partial charge in [-0.05, 0) is 42.5 Å². The molecule has 3 nitrogen and oxygen atoms in total. The highest BCUT2D eigenvalue weighted by molar-refractivity contribution is 5.79. The zero-order valence-corrected chi connectivity index (χ0v) is 10.9. The van der Waals surface area contributed by atoms with E-state index in [1.54, 1.807) is 0 Å². The minimum atomic E-state index is 0.869. The Morgan fingerprint density at radius 1 is 1.44 bits per heavy atom. The van der Waals surface area contributed by atoms with Gasteiger partial charge < -0.3 is 10.3 Å². The predicted molar refractivity (Wildman–Crippen MR) is 74.3 cm³/mol. The van der Waals surface area contributed by atoms with Crippen LogP contribution in [0.1, 0.15) is 31.7 Å². The van der Waals surface area contributed by atoms with E-state index >= 15 is 0 Å². The van der Waals surface area contributed by atoms with Crippen LogP contribution in [0.15, 0.2) is 24.5 Å². The molecule has 0 saturated heterocycles. The van der Waals surface area contributed by atoms with Gasteiger partial charge in [0.05, 0.1) is 0 Å². The Bertz CT molecular complexity index is 517. The first-order valence-corrected chi connectivity index (χ1v) is 6.96. The van der Waals surface area contributed by atoms with Gasteiger partial charge in [-0.3, -0.25) is 0 Å². The third kappa shape index (κ3) is 2.27. The molecule has 1 fully saturated rings. The van der Waals surface area contributed by atoms with Crippen molar-refractivity contribution in [1.82, 2.24) is 15.3 Å². The molecular weight excluding hydrogens is 222 g/mol. The SMILES string of the molecule is CC1CCCC1CNCc1c[nH]c2ncccc12. The van der Waals surface area contributed by atoms with E-state index in [9.17, 15) is 0 Å². The summed E-state index contributed by atoms with van der Waals surface area (Å²) in [6.07, 6.45) is 8.11. The maximum absolute atomic E-state index is 4.32. The van der Waals surface area contributed by atoms with Crippen LogP contribution >= 0.6 is 0 Å². The molecule has 2 aromatic rings. The zero-order chi connectivity index (χ0) is 12.4. The molecule has 2 aromatic heterocycles. The van der Waals surface area contributed by atoms with E-state index in [0.29, 0.717) is 0 Å². The summed E-state index contributed by atoms with van der Waals surface area (Å²) in [6, 6.07) is 4.13. The Labute approximate surface area is 108 Å². The topological polar surface area (TPSA) is 40.7 Å². The van der Waals surface area contributed by atoms with Crippen LogP contribution in [0.5, 0.6) is 0 Å². The quantitative estimate of drug-likeness (QED) is 0.866. The summed E-state index contributed by atoms with van der Waals surface area (Å²) in [4.78, 5) is 7.54. The lowest BCUT2D eigenvalue weighted by Crippen LogP contribution is -2.23. The number of H-pyrrole nitrogens is 1. The summed E-state index contributed by atoms with van der Waals surface area (Å²) in [7, 11) is 0. The molecule has 1 aliphatic carbocycles. The average molecular weight is 243 g/mol. The first-order chi connectivity index (χ1) is 8.84. The largest absolute Gasteiger partial charge is 0.346 e. The number of nitrogens with zero attached hydrogens (tertiary/aromatic N) is 1. The molecule has 2 N–H and O–H groups in total. The highest BCUT2D eigenvalue weighted by Crippen LogP contribution is 2.30. The minimum absolute atomic E-state index is 0.869. The summed E-state index contributed by atoms with van der Waals surface area (Å²) in [5.74, 6) is 1.76. The molecular formula is C15H21N3. The van der Waals surface area contributed by atoms with Crippen molar-refractivity contribution in [2.75, 3.05) is 6.54 Å². The highest BCUT2D eigenvalue weighted by atomic mass is 14.9. The second-order valence-electron chi connectivity index (χ2n) is 5.51. The second-order valence-corrected chi connectivity index (χ2v) is 5.51. The summed E-state index contributed by atoms with van der Waals surface area (Å²) < 4.78 is 0. The minimum Gasteiger partial charge on any atom is -0.346 e. The molecule has 0 aromatic carbocycles. The summed E-state index contributed by atoms with van der Waals surface area (Å²) in [6.45, 7) is 4.47. The van der Waals surface area contributed by atoms with Crippen LogP contribution in [0.25, 0.3) is 11.0 Å². The molecule has 0 radical (unpaired) electrons. The number of pyridine rings is 1. The van der Waals surface area contributed by atoms with Gasteiger partial charge >= 0.3 is 0 Å². The van der Waals surface area contributed by atoms with Crippen molar-refractivity contribution < 1.29 is 0 Å². The number of rotatable bonds is 4. The van der Waals surface area contributed by atoms with E-state index in [1.165, 1.54) is 30.2 Å². The van der Waals surface area contributed by atoms with Gasteiger partial charge in [-0.15, -0.1) is 0 Å². The first-order valence-electron chi connectivity index (χ1n) is 6.96. The Hall–Kier alpha value is -1.35. The molecule has 96 valence electrons. The number of aromatic amines is 1. The van der Waals surface area contributed by atoms with Gasteiger partial charge in [-0.25, -0.2) is 4.98 Å². The zero-order valence-electron chi connectivity index (χ0n) is 10.9. The van der Waals surface area contributed by atoms with Crippen LogP contribution < -0.4 is 5.32 Å². The van der Waals surface area contributed by atoms with Gasteiger partial charge in [-0.1, -0.05) is 19.8 Å². The van der Waals surface area contributed by atoms with Crippen LogP contribution in [0, 0.1) is 11.8 Å². The number of nitrogens with one attached hydrogen (secondary N) is 2. The van der Waals surface area contributed by atoms with E-state index in [-0.39, 0.29) is 0 Å². The normalized spacial score (nSPS) is 23.8. The molecule has 2 atom stereocenters. The molecule has 2 unspecified atom stereocenters. The van der Waals surface area contributed by atoms with Crippen molar-refractivity contribution in [3.05, 3.63) is 30.1 Å². The number of aromatic nitrogens is 2. The standard InChI is InChI=1S/C15H21N3/c1-11-4-2-5-12(11)8-16-9-13-10-18-15-14(13)6-3-7-17-15/h3,6-7,10-12,16H,2,4-5,8-9H2,1H3,(H,17,18). The van der Waals surface area contributed by atoms with Gasteiger partial charge in [0.1, 0.15) is 5.65 Å². The lowest BCUT2D eigenvalue weighted by Gasteiger charge is -2.15. The number of hydrogen-bond acceptors (Lipinski definition) is 2. The van der Waals surface area contributed by atoms with Crippen molar-refractivity contribution in [2.45, 2.75) is 32.7 Å². The van der Waals surface area contributed by atoms with Crippen LogP contribution in [-0.2, 0) is 6.54 Å². The first kappa shape index (κ1) is 11.7. The highest BCUT2D eigenvalue weighted by Gasteiger charge is 2.22. The Balaban J connectivity index is 1.60. The van der Waals surface area contributed by atoms with Crippen molar-refractivity contribution in [2.24, 2.45) is 11.8 Å². The Kier molecular flexibility index (Phi) is 3.33. The molecule has 1 saturated carbocycles. The van der Waals surface area contributed by atoms with Crippen molar-refractivity contribution in [1.29, 1.82) is 0 Å². The Morgan fingerprint density at radius 3 is 3.22 bits per heavy atom. The average Bonchev–Trinajstić information content (AvgIpc) is 2.97. The maximum atomic E-state index is 4.32. The van der Waals surface area contributed by atoms with E-state index in [0.717, 1.165) is 30.6 Å². The van der Waals surface area contributed by atoms with Crippen molar-refractivity contribution in [3.63, 3.8) is 0 Å². The van der Waals surface area contributed by atoms with E-state index in [2.05, 4.69) is 34.5 Å². The second kappa shape index (κ2) is 5.11. The van der Waals surface area contributed by atoms with Crippen LogP contribution in [0.3, 0.4) is 0 Å². The van der Waals surface area contributed by atoms with Crippen LogP contribution in [0.4, 0.5) is 0 Å². The van der Waals surface area contributed by atoms with E-state index in [1.807, 2.05) is 12.3 Å². The number of hydrogen-bond donors (Lipinski definition) is 2. The smallest absolute Gasteiger partial charge is 0.137 e. The van der Waals surface area contributed by atoms with Gasteiger partial charge in [0.2, 0.25) is 0 Å². The fourth-order valence-corrected chi connectivity index (χ4v) is 3.08. The lowest BCUT2D eigenvalue weighted by atomic mass is 9.98. The van der Waals surface area contributed by atoms with Gasteiger partial charge in [-0.2, -0.15) is 0 Å². The molecule has 3 heteroatoms. The summed E-state index contributed by atoms with van der Waals surface area (Å²) in [5, 5.41) is 4.84. The summed E-state index contributed by atoms with van der Waals surface area (Å²) >= 11 is 0. The molecule has 1 aliphatic rings. The molecule has 0 bridgehead atoms. The van der Waals surface area contributed by atoms with Gasteiger partial charge in [0.15, 0.2) is 0 Å². The maximum Gasteiger partial charge on any atom is 0.137 e. The number of fused-ring (bicyclic) bond motifs is 1. The van der Waals surface area contributed by atoms with Crippen molar-refractivity contribution in [3.8, 4) is 0 Å². The fourth-order valence-electron chi connectivity index (χ4n) is 3.08. The Morgan fingerprint density at radius 2 is 2.39 bits per heavy atom. The van der Waals surface area contributed by atoms with Crippen LogP contribution in [0.2, 0.25) is 0 Å². The fraction of sp³-hybridized carbons (Fsp3) is 0.533. The van der Waals surface area contributed by atoms with Gasteiger partial charge in [0, 0.05) is 24.3 Å². The monoisotopic (exact) mass is 243 g/mol. The molecule has 2 heterocycles. The molecule has 3 rings (SSSR count). The third-order valence-electron chi connectivity index (χ3n) is 4.30. The molecule has 0 amide bonds. The van der Waals surface area contributed by atoms with E-state index in [4.69, 9.17) is 0 Å². The summed E-state index contributed by atoms with van der Waals surface area (Å²) in [5.41, 5.74) is 2.31. The third-order valence-corrected chi connectivity index (χ3v) is 4.30. The van der Waals surface area contributed by atoms with Crippen molar-refractivity contribution >= 4 is 11.0 Å². The predicted octanol–water partition coefficient (Wildman–Crippen LogP) is 3.09. The lowest BCUT2D eigenvalue weighted by molar-refractivity contribution is 0.392. The van der Waals surface area contributed by atoms with Crippen LogP contribution in [-0.4, -0.2) is 16.5 Å². The van der Waals surface area contributed by atoms with E-state index < -0.39 is 0 Å². The van der Waals surface area contributed by atoms with Gasteiger partial charge in [0.25, 0.3) is 0 Å².